The van der Waals surface area contributed by atoms with Crippen molar-refractivity contribution in [2.45, 2.75) is 12.5 Å². The average molecular weight is 270 g/mol. The van der Waals surface area contributed by atoms with Crippen molar-refractivity contribution in [3.05, 3.63) is 59.7 Å². The second kappa shape index (κ2) is 6.44. The molecule has 0 spiro atoms. The number of benzene rings is 2. The van der Waals surface area contributed by atoms with Gasteiger partial charge >= 0.3 is 0 Å². The molecule has 3 nitrogen and oxygen atoms in total. The van der Waals surface area contributed by atoms with E-state index in [9.17, 15) is 0 Å². The molecule has 0 amide bonds. The lowest BCUT2D eigenvalue weighted by molar-refractivity contribution is 0.414. The summed E-state index contributed by atoms with van der Waals surface area (Å²) in [7, 11) is 5.75. The molecule has 3 heteroatoms. The zero-order valence-electron chi connectivity index (χ0n) is 12.3. The lowest BCUT2D eigenvalue weighted by Gasteiger charge is -2.16. The van der Waals surface area contributed by atoms with Crippen LogP contribution in [0.25, 0.3) is 0 Å². The van der Waals surface area contributed by atoms with Gasteiger partial charge in [-0.15, -0.1) is 0 Å². The summed E-state index contributed by atoms with van der Waals surface area (Å²) in [6.07, 6.45) is 0.804. The first-order valence-electron chi connectivity index (χ1n) is 6.76. The van der Waals surface area contributed by atoms with Gasteiger partial charge in [-0.25, -0.2) is 0 Å². The van der Waals surface area contributed by atoms with Crippen molar-refractivity contribution in [2.75, 3.05) is 26.1 Å². The highest BCUT2D eigenvalue weighted by molar-refractivity contribution is 5.46. The Hall–Kier alpha value is -2.00. The molecule has 0 aromatic heterocycles. The van der Waals surface area contributed by atoms with E-state index >= 15 is 0 Å². The first kappa shape index (κ1) is 14.4. The normalized spacial score (nSPS) is 12.0. The van der Waals surface area contributed by atoms with Crippen LogP contribution in [0.1, 0.15) is 17.2 Å². The molecule has 0 radical (unpaired) electrons. The van der Waals surface area contributed by atoms with E-state index in [-0.39, 0.29) is 6.04 Å². The minimum absolute atomic E-state index is 0.00156. The molecule has 0 fully saturated rings. The van der Waals surface area contributed by atoms with Crippen molar-refractivity contribution in [2.24, 2.45) is 5.73 Å². The summed E-state index contributed by atoms with van der Waals surface area (Å²) >= 11 is 0. The second-order valence-electron chi connectivity index (χ2n) is 5.15. The molecular weight excluding hydrogens is 248 g/mol. The summed E-state index contributed by atoms with van der Waals surface area (Å²) in [4.78, 5) is 2.08. The van der Waals surface area contributed by atoms with E-state index in [0.29, 0.717) is 0 Å². The van der Waals surface area contributed by atoms with Gasteiger partial charge in [0.2, 0.25) is 0 Å². The first-order chi connectivity index (χ1) is 9.60. The van der Waals surface area contributed by atoms with Crippen LogP contribution in [0.4, 0.5) is 5.69 Å². The minimum atomic E-state index is -0.00156. The number of hydrogen-bond donors (Lipinski definition) is 1. The van der Waals surface area contributed by atoms with E-state index in [1.165, 1.54) is 11.3 Å². The zero-order chi connectivity index (χ0) is 14.5. The maximum absolute atomic E-state index is 6.29. The molecule has 106 valence electrons. The Morgan fingerprint density at radius 1 is 1.10 bits per heavy atom. The fraction of sp³-hybridized carbons (Fsp3) is 0.294. The van der Waals surface area contributed by atoms with Crippen molar-refractivity contribution in [1.29, 1.82) is 0 Å². The van der Waals surface area contributed by atoms with E-state index in [4.69, 9.17) is 10.5 Å². The number of ether oxygens (including phenoxy) is 1. The SMILES string of the molecule is COc1cccc(CC(N)c2ccc(N(C)C)cc2)c1. The summed E-state index contributed by atoms with van der Waals surface area (Å²) < 4.78 is 5.24. The third kappa shape index (κ3) is 3.52. The van der Waals surface area contributed by atoms with E-state index < -0.39 is 0 Å². The van der Waals surface area contributed by atoms with E-state index in [1.807, 2.05) is 32.3 Å². The first-order valence-corrected chi connectivity index (χ1v) is 6.76. The van der Waals surface area contributed by atoms with Gasteiger partial charge in [0.05, 0.1) is 7.11 Å². The van der Waals surface area contributed by atoms with Crippen LogP contribution in [0.15, 0.2) is 48.5 Å². The second-order valence-corrected chi connectivity index (χ2v) is 5.15. The largest absolute Gasteiger partial charge is 0.497 e. The van der Waals surface area contributed by atoms with Crippen LogP contribution in [-0.2, 0) is 6.42 Å². The van der Waals surface area contributed by atoms with Crippen molar-refractivity contribution < 1.29 is 4.74 Å². The zero-order valence-corrected chi connectivity index (χ0v) is 12.3. The van der Waals surface area contributed by atoms with Gasteiger partial charge in [-0.1, -0.05) is 24.3 Å². The molecule has 0 saturated heterocycles. The Kier molecular flexibility index (Phi) is 4.64. The Morgan fingerprint density at radius 3 is 2.40 bits per heavy atom. The highest BCUT2D eigenvalue weighted by Crippen LogP contribution is 2.21. The molecule has 1 unspecified atom stereocenters. The Morgan fingerprint density at radius 2 is 1.80 bits per heavy atom. The quantitative estimate of drug-likeness (QED) is 0.907. The predicted octanol–water partition coefficient (Wildman–Crippen LogP) is 3.00. The number of nitrogens with zero attached hydrogens (tertiary/aromatic N) is 1. The van der Waals surface area contributed by atoms with Crippen molar-refractivity contribution in [3.8, 4) is 5.75 Å². The molecule has 0 saturated carbocycles. The van der Waals surface area contributed by atoms with Gasteiger partial charge in [-0.05, 0) is 41.8 Å². The number of methoxy groups -OCH3 is 1. The highest BCUT2D eigenvalue weighted by Gasteiger charge is 2.08. The lowest BCUT2D eigenvalue weighted by atomic mass is 9.99. The van der Waals surface area contributed by atoms with Gasteiger partial charge in [0, 0.05) is 25.8 Å². The van der Waals surface area contributed by atoms with Crippen LogP contribution in [-0.4, -0.2) is 21.2 Å². The fourth-order valence-electron chi connectivity index (χ4n) is 2.19. The molecule has 20 heavy (non-hydrogen) atoms. The third-order valence-corrected chi connectivity index (χ3v) is 3.43. The van der Waals surface area contributed by atoms with E-state index in [1.54, 1.807) is 7.11 Å². The summed E-state index contributed by atoms with van der Waals surface area (Å²) in [6, 6.07) is 16.4. The molecule has 0 aliphatic carbocycles. The van der Waals surface area contributed by atoms with Gasteiger partial charge in [0.25, 0.3) is 0 Å². The standard InChI is InChI=1S/C17H22N2O/c1-19(2)15-9-7-14(8-10-15)17(18)12-13-5-4-6-16(11-13)20-3/h4-11,17H,12,18H2,1-3H3. The molecule has 0 aliphatic rings. The van der Waals surface area contributed by atoms with Crippen molar-refractivity contribution in [1.82, 2.24) is 0 Å². The van der Waals surface area contributed by atoms with Gasteiger partial charge in [0.1, 0.15) is 5.75 Å². The molecule has 2 rings (SSSR count). The van der Waals surface area contributed by atoms with Crippen molar-refractivity contribution >= 4 is 5.69 Å². The fourth-order valence-corrected chi connectivity index (χ4v) is 2.19. The smallest absolute Gasteiger partial charge is 0.119 e. The highest BCUT2D eigenvalue weighted by atomic mass is 16.5. The number of nitrogens with two attached hydrogens (primary N) is 1. The summed E-state index contributed by atoms with van der Waals surface area (Å²) in [5, 5.41) is 0. The van der Waals surface area contributed by atoms with Crippen LogP contribution < -0.4 is 15.4 Å². The van der Waals surface area contributed by atoms with Gasteiger partial charge in [-0.3, -0.25) is 0 Å². The molecule has 0 bridgehead atoms. The third-order valence-electron chi connectivity index (χ3n) is 3.43. The van der Waals surface area contributed by atoms with E-state index in [0.717, 1.165) is 17.7 Å². The predicted molar refractivity (Wildman–Crippen MR) is 84.4 cm³/mol. The Balaban J connectivity index is 2.08. The van der Waals surface area contributed by atoms with Crippen molar-refractivity contribution in [3.63, 3.8) is 0 Å². The topological polar surface area (TPSA) is 38.5 Å². The summed E-state index contributed by atoms with van der Waals surface area (Å²) in [5.74, 6) is 0.873. The van der Waals surface area contributed by atoms with Crippen LogP contribution in [0, 0.1) is 0 Å². The summed E-state index contributed by atoms with van der Waals surface area (Å²) in [6.45, 7) is 0. The summed E-state index contributed by atoms with van der Waals surface area (Å²) in [5.41, 5.74) is 9.81. The minimum Gasteiger partial charge on any atom is -0.497 e. The molecule has 2 aromatic carbocycles. The number of anilines is 1. The van der Waals surface area contributed by atoms with Crippen LogP contribution in [0.2, 0.25) is 0 Å². The Labute approximate surface area is 121 Å². The molecule has 0 aliphatic heterocycles. The lowest BCUT2D eigenvalue weighted by Crippen LogP contribution is -2.14. The Bertz CT molecular complexity index is 549. The van der Waals surface area contributed by atoms with Crippen LogP contribution in [0.5, 0.6) is 5.75 Å². The van der Waals surface area contributed by atoms with Crippen LogP contribution in [0.3, 0.4) is 0 Å². The number of rotatable bonds is 5. The maximum atomic E-state index is 6.29. The van der Waals surface area contributed by atoms with E-state index in [2.05, 4.69) is 35.2 Å². The monoisotopic (exact) mass is 270 g/mol. The maximum Gasteiger partial charge on any atom is 0.119 e. The number of hydrogen-bond acceptors (Lipinski definition) is 3. The van der Waals surface area contributed by atoms with Gasteiger partial charge in [-0.2, -0.15) is 0 Å². The van der Waals surface area contributed by atoms with Crippen LogP contribution >= 0.6 is 0 Å². The molecule has 2 aromatic rings. The molecule has 1 atom stereocenters. The van der Waals surface area contributed by atoms with Gasteiger partial charge in [0.15, 0.2) is 0 Å². The average Bonchev–Trinajstić information content (AvgIpc) is 2.47. The van der Waals surface area contributed by atoms with Gasteiger partial charge < -0.3 is 15.4 Å². The molecular formula is C17H22N2O. The molecule has 2 N–H and O–H groups in total. The molecule has 0 heterocycles.